The number of para-hydroxylation sites is 1. The molecular formula is C39H40N6O3. The van der Waals surface area contributed by atoms with Gasteiger partial charge in [0.15, 0.2) is 5.78 Å². The number of carbonyl (C=O) groups excluding carboxylic acids is 2. The Kier molecular flexibility index (Phi) is 7.70. The fourth-order valence-electron chi connectivity index (χ4n) is 7.37. The average Bonchev–Trinajstić information content (AvgIpc) is 4.02. The van der Waals surface area contributed by atoms with E-state index in [1.807, 2.05) is 83.5 Å². The summed E-state index contributed by atoms with van der Waals surface area (Å²) in [4.78, 5) is 29.6. The molecular weight excluding hydrogens is 600 g/mol. The second-order valence-corrected chi connectivity index (χ2v) is 13.6. The highest BCUT2D eigenvalue weighted by molar-refractivity contribution is 6.01. The summed E-state index contributed by atoms with van der Waals surface area (Å²) in [6, 6.07) is 24.0. The molecule has 0 spiro atoms. The molecule has 2 unspecified atom stereocenters. The first-order chi connectivity index (χ1) is 23.4. The fraction of sp³-hybridized carbons (Fsp3) is 0.359. The van der Waals surface area contributed by atoms with Gasteiger partial charge in [-0.1, -0.05) is 67.9 Å². The first kappa shape index (κ1) is 30.3. The van der Waals surface area contributed by atoms with E-state index in [1.54, 1.807) is 10.9 Å². The van der Waals surface area contributed by atoms with Crippen molar-refractivity contribution in [2.45, 2.75) is 64.0 Å². The zero-order chi connectivity index (χ0) is 32.9. The number of ether oxygens (including phenoxy) is 1. The van der Waals surface area contributed by atoms with Crippen LogP contribution in [-0.4, -0.2) is 54.0 Å². The van der Waals surface area contributed by atoms with E-state index < -0.39 is 0 Å². The molecule has 5 atom stereocenters. The van der Waals surface area contributed by atoms with Crippen LogP contribution in [-0.2, 0) is 13.6 Å². The topological polar surface area (TPSA) is 95.1 Å². The quantitative estimate of drug-likeness (QED) is 0.161. The van der Waals surface area contributed by atoms with E-state index in [0.717, 1.165) is 70.8 Å². The number of fused-ring (bicyclic) bond motifs is 1. The molecule has 0 radical (unpaired) electrons. The number of hydrogen-bond donors (Lipinski definition) is 0. The smallest absolute Gasteiger partial charge is 0.254 e. The molecule has 3 heterocycles. The maximum absolute atomic E-state index is 14.0. The van der Waals surface area contributed by atoms with Gasteiger partial charge >= 0.3 is 0 Å². The molecule has 244 valence electrons. The molecule has 2 aromatic heterocycles. The zero-order valence-electron chi connectivity index (χ0n) is 27.6. The van der Waals surface area contributed by atoms with E-state index >= 15 is 0 Å². The van der Waals surface area contributed by atoms with Gasteiger partial charge in [-0.05, 0) is 66.6 Å². The van der Waals surface area contributed by atoms with Crippen molar-refractivity contribution in [3.05, 3.63) is 113 Å². The second kappa shape index (κ2) is 12.2. The van der Waals surface area contributed by atoms with E-state index in [4.69, 9.17) is 9.84 Å². The predicted octanol–water partition coefficient (Wildman–Crippen LogP) is 6.98. The van der Waals surface area contributed by atoms with Crippen LogP contribution >= 0.6 is 0 Å². The Morgan fingerprint density at radius 3 is 2.50 bits per heavy atom. The molecule has 0 N–H and O–H groups in total. The van der Waals surface area contributed by atoms with Crippen LogP contribution < -0.4 is 4.74 Å². The van der Waals surface area contributed by atoms with Gasteiger partial charge < -0.3 is 9.64 Å². The van der Waals surface area contributed by atoms with Crippen molar-refractivity contribution in [1.82, 2.24) is 29.7 Å². The molecule has 5 aromatic rings. The highest BCUT2D eigenvalue weighted by Gasteiger charge is 2.49. The molecule has 48 heavy (non-hydrogen) atoms. The normalized spacial score (nSPS) is 22.8. The lowest BCUT2D eigenvalue weighted by atomic mass is 10.0. The number of ketones is 1. The van der Waals surface area contributed by atoms with Gasteiger partial charge in [0.2, 0.25) is 0 Å². The number of nitrogens with zero attached hydrogens (tertiary/aromatic N) is 6. The van der Waals surface area contributed by atoms with Crippen LogP contribution in [0.1, 0.15) is 89.0 Å². The number of carbonyl (C=O) groups is 2. The van der Waals surface area contributed by atoms with Crippen molar-refractivity contribution in [3.63, 3.8) is 0 Å². The van der Waals surface area contributed by atoms with Crippen LogP contribution in [0.15, 0.2) is 85.2 Å². The average molecular weight is 641 g/mol. The summed E-state index contributed by atoms with van der Waals surface area (Å²) >= 11 is 0. The van der Waals surface area contributed by atoms with Gasteiger partial charge in [0.25, 0.3) is 5.91 Å². The van der Waals surface area contributed by atoms with Crippen LogP contribution in [0.2, 0.25) is 0 Å². The minimum Gasteiger partial charge on any atom is -0.488 e. The molecule has 2 aliphatic carbocycles. The molecule has 3 aliphatic rings. The lowest BCUT2D eigenvalue weighted by Crippen LogP contribution is -2.37. The monoisotopic (exact) mass is 640 g/mol. The van der Waals surface area contributed by atoms with E-state index in [2.05, 4.69) is 36.3 Å². The molecule has 9 heteroatoms. The van der Waals surface area contributed by atoms with Gasteiger partial charge in [-0.15, -0.1) is 5.10 Å². The van der Waals surface area contributed by atoms with Gasteiger partial charge in [0.1, 0.15) is 11.9 Å². The van der Waals surface area contributed by atoms with E-state index in [0.29, 0.717) is 24.6 Å². The van der Waals surface area contributed by atoms with Crippen LogP contribution in [0, 0.1) is 11.8 Å². The fourth-order valence-corrected chi connectivity index (χ4v) is 7.37. The van der Waals surface area contributed by atoms with Crippen LogP contribution in [0.25, 0.3) is 16.8 Å². The largest absolute Gasteiger partial charge is 0.488 e. The van der Waals surface area contributed by atoms with Gasteiger partial charge in [-0.25, -0.2) is 4.68 Å². The summed E-state index contributed by atoms with van der Waals surface area (Å²) in [5.41, 5.74) is 7.11. The number of aromatic nitrogens is 5. The lowest BCUT2D eigenvalue weighted by molar-refractivity contribution is 0.0674. The third-order valence-corrected chi connectivity index (χ3v) is 10.3. The molecule has 2 saturated carbocycles. The summed E-state index contributed by atoms with van der Waals surface area (Å²) in [5.74, 6) is 1.94. The Morgan fingerprint density at radius 1 is 0.917 bits per heavy atom. The van der Waals surface area contributed by atoms with E-state index in [9.17, 15) is 9.59 Å². The maximum atomic E-state index is 14.0. The Labute approximate surface area is 280 Å². The van der Waals surface area contributed by atoms with Crippen LogP contribution in [0.5, 0.6) is 5.75 Å². The van der Waals surface area contributed by atoms with E-state index in [-0.39, 0.29) is 35.5 Å². The number of amides is 1. The molecule has 1 aliphatic heterocycles. The molecule has 2 fully saturated rings. The highest BCUT2D eigenvalue weighted by Crippen LogP contribution is 2.56. The van der Waals surface area contributed by atoms with Gasteiger partial charge in [-0.2, -0.15) is 5.10 Å². The zero-order valence-corrected chi connectivity index (χ0v) is 27.6. The molecule has 9 nitrogen and oxygen atoms in total. The number of hydrogen-bond acceptors (Lipinski definition) is 6. The first-order valence-electron chi connectivity index (χ1n) is 17.1. The second-order valence-electron chi connectivity index (χ2n) is 13.6. The van der Waals surface area contributed by atoms with Gasteiger partial charge in [0, 0.05) is 48.7 Å². The van der Waals surface area contributed by atoms with Crippen molar-refractivity contribution >= 4 is 11.7 Å². The van der Waals surface area contributed by atoms with Crippen molar-refractivity contribution in [3.8, 4) is 22.6 Å². The van der Waals surface area contributed by atoms with Crippen LogP contribution in [0.4, 0.5) is 0 Å². The Balaban J connectivity index is 1.10. The number of aryl methyl sites for hydroxylation is 1. The summed E-state index contributed by atoms with van der Waals surface area (Å²) in [6.45, 7) is 5.28. The molecule has 1 amide bonds. The minimum atomic E-state index is -0.0646. The summed E-state index contributed by atoms with van der Waals surface area (Å²) < 4.78 is 9.93. The number of Topliss-reactive ketones (excluding diaryl/α,β-unsaturated/α-hetero) is 1. The predicted molar refractivity (Wildman–Crippen MR) is 182 cm³/mol. The Hall–Kier alpha value is -5.05. The third kappa shape index (κ3) is 5.61. The molecule has 8 rings (SSSR count). The third-order valence-electron chi connectivity index (χ3n) is 10.3. The van der Waals surface area contributed by atoms with Crippen molar-refractivity contribution in [2.75, 3.05) is 6.54 Å². The number of rotatable bonds is 9. The highest BCUT2D eigenvalue weighted by atomic mass is 16.5. The standard InChI is InChI=1S/C39H40N6O3/c1-4-24-18-31(24)38(46)34-20-40-45(37(34)33-19-32(33)35-23-43(3)42-41-35)29-14-9-12-26(17-29)25-11-8-13-27(16-25)39(47)44-21-28-10-6-7-15-36(28)48-30(5-2)22-44/h6-17,20,23-24,30-33H,4-5,18-19,21-22H2,1-3H3/t24?,30-,31?,32-,33-/m1/s1. The van der Waals surface area contributed by atoms with Crippen molar-refractivity contribution in [2.24, 2.45) is 18.9 Å². The molecule has 3 aromatic carbocycles. The first-order valence-corrected chi connectivity index (χ1v) is 17.1. The summed E-state index contributed by atoms with van der Waals surface area (Å²) in [6.07, 6.45) is 7.37. The summed E-state index contributed by atoms with van der Waals surface area (Å²) in [5, 5.41) is 13.4. The number of benzene rings is 3. The van der Waals surface area contributed by atoms with Crippen LogP contribution in [0.3, 0.4) is 0 Å². The molecule has 0 saturated heterocycles. The van der Waals surface area contributed by atoms with E-state index in [1.165, 1.54) is 0 Å². The Morgan fingerprint density at radius 2 is 1.73 bits per heavy atom. The minimum absolute atomic E-state index is 0.0153. The van der Waals surface area contributed by atoms with Gasteiger partial charge in [-0.3, -0.25) is 14.3 Å². The summed E-state index contributed by atoms with van der Waals surface area (Å²) in [7, 11) is 1.88. The SMILES string of the molecule is CCC1CC1C(=O)c1cnn(-c2cccc(-c3cccc(C(=O)N4Cc5ccccc5O[C@H](CC)C4)c3)c2)c1[C@@H]1C[C@H]1c1cn(C)nn1. The van der Waals surface area contributed by atoms with Crippen molar-refractivity contribution in [1.29, 1.82) is 0 Å². The lowest BCUT2D eigenvalue weighted by Gasteiger charge is -2.24. The van der Waals surface area contributed by atoms with Gasteiger partial charge in [0.05, 0.1) is 35.4 Å². The maximum Gasteiger partial charge on any atom is 0.254 e. The molecule has 0 bridgehead atoms. The van der Waals surface area contributed by atoms with Crippen molar-refractivity contribution < 1.29 is 14.3 Å². The Bertz CT molecular complexity index is 2010.